The van der Waals surface area contributed by atoms with Gasteiger partial charge in [0.2, 0.25) is 0 Å². The maximum atomic E-state index is 13.1. The van der Waals surface area contributed by atoms with Gasteiger partial charge in [0.1, 0.15) is 0 Å². The van der Waals surface area contributed by atoms with Crippen LogP contribution in [-0.4, -0.2) is 57.7 Å². The molecule has 0 bridgehead atoms. The fraction of sp³-hybridized carbons (Fsp3) is 0.286. The molecular weight excluding hydrogens is 338 g/mol. The highest BCUT2D eigenvalue weighted by Crippen LogP contribution is 2.14. The fourth-order valence-electron chi connectivity index (χ4n) is 2.78. The van der Waals surface area contributed by atoms with Crippen molar-refractivity contribution in [2.75, 3.05) is 27.2 Å². The van der Waals surface area contributed by atoms with Gasteiger partial charge in [-0.1, -0.05) is 6.07 Å². The van der Waals surface area contributed by atoms with Crippen molar-refractivity contribution < 1.29 is 4.79 Å². The van der Waals surface area contributed by atoms with Crippen LogP contribution >= 0.6 is 0 Å². The van der Waals surface area contributed by atoms with Crippen LogP contribution in [0, 0.1) is 6.92 Å². The quantitative estimate of drug-likeness (QED) is 0.648. The monoisotopic (exact) mass is 363 g/mol. The van der Waals surface area contributed by atoms with Crippen LogP contribution in [0.25, 0.3) is 5.69 Å². The Bertz CT molecular complexity index is 871. The van der Waals surface area contributed by atoms with E-state index in [9.17, 15) is 4.79 Å². The standard InChI is InChI=1S/C21H25N5O/c1-17-13-23-26(15-17)20-8-6-19(7-9-20)21(27)25(12-11-24(2)3)16-18-5-4-10-22-14-18/h4-10,13-15H,11-12,16H2,1-3H3. The van der Waals surface area contributed by atoms with Gasteiger partial charge in [0, 0.05) is 43.8 Å². The normalized spacial score (nSPS) is 11.0. The van der Waals surface area contributed by atoms with Crippen molar-refractivity contribution in [2.45, 2.75) is 13.5 Å². The Morgan fingerprint density at radius 3 is 2.44 bits per heavy atom. The second-order valence-corrected chi connectivity index (χ2v) is 6.90. The molecular formula is C21H25N5O. The van der Waals surface area contributed by atoms with E-state index in [0.29, 0.717) is 18.7 Å². The predicted molar refractivity (Wildman–Crippen MR) is 106 cm³/mol. The highest BCUT2D eigenvalue weighted by atomic mass is 16.2. The van der Waals surface area contributed by atoms with E-state index >= 15 is 0 Å². The van der Waals surface area contributed by atoms with Crippen molar-refractivity contribution in [3.05, 3.63) is 77.9 Å². The Kier molecular flexibility index (Phi) is 5.98. The zero-order chi connectivity index (χ0) is 19.2. The lowest BCUT2D eigenvalue weighted by Gasteiger charge is -2.24. The highest BCUT2D eigenvalue weighted by Gasteiger charge is 2.16. The van der Waals surface area contributed by atoms with Gasteiger partial charge >= 0.3 is 0 Å². The summed E-state index contributed by atoms with van der Waals surface area (Å²) in [5, 5.41) is 4.31. The summed E-state index contributed by atoms with van der Waals surface area (Å²) >= 11 is 0. The van der Waals surface area contributed by atoms with Gasteiger partial charge in [-0.2, -0.15) is 5.10 Å². The molecule has 0 aliphatic heterocycles. The molecule has 6 nitrogen and oxygen atoms in total. The van der Waals surface area contributed by atoms with Crippen molar-refractivity contribution >= 4 is 5.91 Å². The van der Waals surface area contributed by atoms with E-state index in [1.165, 1.54) is 0 Å². The highest BCUT2D eigenvalue weighted by molar-refractivity contribution is 5.94. The predicted octanol–water partition coefficient (Wildman–Crippen LogP) is 2.78. The van der Waals surface area contributed by atoms with Crippen LogP contribution in [0.15, 0.2) is 61.2 Å². The molecule has 2 heterocycles. The van der Waals surface area contributed by atoms with Crippen LogP contribution in [0.3, 0.4) is 0 Å². The molecule has 27 heavy (non-hydrogen) atoms. The fourth-order valence-corrected chi connectivity index (χ4v) is 2.78. The zero-order valence-corrected chi connectivity index (χ0v) is 16.0. The molecule has 140 valence electrons. The molecule has 2 aromatic heterocycles. The summed E-state index contributed by atoms with van der Waals surface area (Å²) in [6.45, 7) is 4.00. The third-order valence-corrected chi connectivity index (χ3v) is 4.29. The zero-order valence-electron chi connectivity index (χ0n) is 16.0. The van der Waals surface area contributed by atoms with Crippen molar-refractivity contribution in [2.24, 2.45) is 0 Å². The third-order valence-electron chi connectivity index (χ3n) is 4.29. The van der Waals surface area contributed by atoms with E-state index in [-0.39, 0.29) is 5.91 Å². The second-order valence-electron chi connectivity index (χ2n) is 6.90. The van der Waals surface area contributed by atoms with Gasteiger partial charge in [-0.25, -0.2) is 4.68 Å². The first-order chi connectivity index (χ1) is 13.0. The van der Waals surface area contributed by atoms with Gasteiger partial charge in [0.25, 0.3) is 5.91 Å². The summed E-state index contributed by atoms with van der Waals surface area (Å²) in [6, 6.07) is 11.5. The summed E-state index contributed by atoms with van der Waals surface area (Å²) in [6.07, 6.45) is 7.32. The number of pyridine rings is 1. The molecule has 0 fully saturated rings. The van der Waals surface area contributed by atoms with Crippen molar-refractivity contribution in [3.8, 4) is 5.69 Å². The number of carbonyl (C=O) groups excluding carboxylic acids is 1. The minimum Gasteiger partial charge on any atom is -0.333 e. The summed E-state index contributed by atoms with van der Waals surface area (Å²) in [5.41, 5.74) is 3.73. The lowest BCUT2D eigenvalue weighted by atomic mass is 10.1. The van der Waals surface area contributed by atoms with Crippen LogP contribution < -0.4 is 0 Å². The first-order valence-electron chi connectivity index (χ1n) is 8.97. The number of likely N-dealkylation sites (N-methyl/N-ethyl adjacent to an activating group) is 1. The second kappa shape index (κ2) is 8.60. The Labute approximate surface area is 160 Å². The minimum atomic E-state index is 0.0175. The molecule has 1 amide bonds. The number of aryl methyl sites for hydroxylation is 1. The van der Waals surface area contributed by atoms with Crippen LogP contribution in [0.1, 0.15) is 21.5 Å². The number of amides is 1. The molecule has 0 saturated carbocycles. The van der Waals surface area contributed by atoms with Crippen LogP contribution in [0.4, 0.5) is 0 Å². The van der Waals surface area contributed by atoms with E-state index in [1.807, 2.05) is 79.4 Å². The number of benzene rings is 1. The third kappa shape index (κ3) is 5.01. The number of hydrogen-bond donors (Lipinski definition) is 0. The van der Waals surface area contributed by atoms with E-state index in [0.717, 1.165) is 23.4 Å². The molecule has 0 spiro atoms. The van der Waals surface area contributed by atoms with Crippen LogP contribution in [0.2, 0.25) is 0 Å². The van der Waals surface area contributed by atoms with Gasteiger partial charge in [-0.05, 0) is 62.5 Å². The Morgan fingerprint density at radius 1 is 1.07 bits per heavy atom. The van der Waals surface area contributed by atoms with Crippen LogP contribution in [0.5, 0.6) is 0 Å². The summed E-state index contributed by atoms with van der Waals surface area (Å²) in [4.78, 5) is 21.2. The van der Waals surface area contributed by atoms with Crippen LogP contribution in [-0.2, 0) is 6.54 Å². The van der Waals surface area contributed by atoms with E-state index in [4.69, 9.17) is 0 Å². The van der Waals surface area contributed by atoms with Gasteiger partial charge in [-0.3, -0.25) is 9.78 Å². The van der Waals surface area contributed by atoms with Crippen molar-refractivity contribution in [1.29, 1.82) is 0 Å². The lowest BCUT2D eigenvalue weighted by molar-refractivity contribution is 0.0732. The Morgan fingerprint density at radius 2 is 1.85 bits per heavy atom. The summed E-state index contributed by atoms with van der Waals surface area (Å²) in [5.74, 6) is 0.0175. The first-order valence-corrected chi connectivity index (χ1v) is 8.97. The van der Waals surface area contributed by atoms with Gasteiger partial charge in [-0.15, -0.1) is 0 Å². The smallest absolute Gasteiger partial charge is 0.254 e. The average Bonchev–Trinajstić information content (AvgIpc) is 3.12. The molecule has 0 saturated heterocycles. The molecule has 1 aromatic carbocycles. The number of rotatable bonds is 7. The SMILES string of the molecule is Cc1cnn(-c2ccc(C(=O)N(CCN(C)C)Cc3cccnc3)cc2)c1. The lowest BCUT2D eigenvalue weighted by Crippen LogP contribution is -2.36. The molecule has 0 N–H and O–H groups in total. The Balaban J connectivity index is 1.77. The van der Waals surface area contributed by atoms with Gasteiger partial charge in [0.15, 0.2) is 0 Å². The van der Waals surface area contributed by atoms with Crippen molar-refractivity contribution in [1.82, 2.24) is 24.6 Å². The largest absolute Gasteiger partial charge is 0.333 e. The number of aromatic nitrogens is 3. The average molecular weight is 363 g/mol. The minimum absolute atomic E-state index is 0.0175. The van der Waals surface area contributed by atoms with Gasteiger partial charge < -0.3 is 9.80 Å². The van der Waals surface area contributed by atoms with Crippen molar-refractivity contribution in [3.63, 3.8) is 0 Å². The molecule has 0 aliphatic rings. The summed E-state index contributed by atoms with van der Waals surface area (Å²) in [7, 11) is 4.02. The molecule has 0 atom stereocenters. The van der Waals surface area contributed by atoms with E-state index < -0.39 is 0 Å². The van der Waals surface area contributed by atoms with Gasteiger partial charge in [0.05, 0.1) is 11.9 Å². The molecule has 0 unspecified atom stereocenters. The maximum absolute atomic E-state index is 13.1. The number of carbonyl (C=O) groups is 1. The number of nitrogens with zero attached hydrogens (tertiary/aromatic N) is 5. The first kappa shape index (κ1) is 18.8. The summed E-state index contributed by atoms with van der Waals surface area (Å²) < 4.78 is 1.81. The van der Waals surface area contributed by atoms with E-state index in [1.54, 1.807) is 12.4 Å². The number of hydrogen-bond acceptors (Lipinski definition) is 4. The molecule has 3 rings (SSSR count). The topological polar surface area (TPSA) is 54.3 Å². The maximum Gasteiger partial charge on any atom is 0.254 e. The van der Waals surface area contributed by atoms with E-state index in [2.05, 4.69) is 15.0 Å². The molecule has 0 radical (unpaired) electrons. The molecule has 0 aliphatic carbocycles. The Hall–Kier alpha value is -2.99. The molecule has 3 aromatic rings. The molecule has 6 heteroatoms.